The smallest absolute Gasteiger partial charge is 0.0452 e. The highest BCUT2D eigenvalue weighted by Gasteiger charge is 2.23. The fourth-order valence-corrected chi connectivity index (χ4v) is 3.79. The summed E-state index contributed by atoms with van der Waals surface area (Å²) in [7, 11) is 0. The Morgan fingerprint density at radius 1 is 1.05 bits per heavy atom. The summed E-state index contributed by atoms with van der Waals surface area (Å²) < 4.78 is 0. The quantitative estimate of drug-likeness (QED) is 0.867. The first-order valence-electron chi connectivity index (χ1n) is 8.19. The van der Waals surface area contributed by atoms with E-state index in [1.165, 1.54) is 58.4 Å². The van der Waals surface area contributed by atoms with Gasteiger partial charge in [-0.05, 0) is 81.5 Å². The molecule has 0 atom stereocenters. The molecule has 0 bridgehead atoms. The molecule has 2 aliphatic heterocycles. The van der Waals surface area contributed by atoms with Crippen molar-refractivity contribution in [2.75, 3.05) is 38.5 Å². The minimum atomic E-state index is 0.804. The van der Waals surface area contributed by atoms with Crippen LogP contribution < -0.4 is 5.73 Å². The number of nitrogen functional groups attached to an aromatic ring is 1. The topological polar surface area (TPSA) is 32.5 Å². The summed E-state index contributed by atoms with van der Waals surface area (Å²) >= 11 is 6.27. The lowest BCUT2D eigenvalue weighted by Gasteiger charge is -2.34. The maximum absolute atomic E-state index is 6.27. The minimum Gasteiger partial charge on any atom is -0.399 e. The van der Waals surface area contributed by atoms with E-state index in [2.05, 4.69) is 9.80 Å². The second-order valence-electron chi connectivity index (χ2n) is 6.58. The van der Waals surface area contributed by atoms with E-state index in [4.69, 9.17) is 17.3 Å². The average molecular weight is 308 g/mol. The first-order chi connectivity index (χ1) is 10.2. The van der Waals surface area contributed by atoms with Crippen LogP contribution in [0.4, 0.5) is 5.69 Å². The molecule has 2 heterocycles. The molecule has 2 N–H and O–H groups in total. The lowest BCUT2D eigenvalue weighted by molar-refractivity contribution is 0.149. The van der Waals surface area contributed by atoms with Crippen LogP contribution in [-0.2, 0) is 6.54 Å². The Hall–Kier alpha value is -0.770. The van der Waals surface area contributed by atoms with Crippen LogP contribution in [0.2, 0.25) is 5.02 Å². The number of nitrogens with zero attached hydrogens (tertiary/aromatic N) is 2. The lowest BCUT2D eigenvalue weighted by atomic mass is 9.96. The Labute approximate surface area is 133 Å². The predicted molar refractivity (Wildman–Crippen MR) is 89.5 cm³/mol. The molecule has 0 unspecified atom stereocenters. The van der Waals surface area contributed by atoms with E-state index in [1.54, 1.807) is 0 Å². The monoisotopic (exact) mass is 307 g/mol. The van der Waals surface area contributed by atoms with Crippen LogP contribution in [0.15, 0.2) is 18.2 Å². The zero-order valence-corrected chi connectivity index (χ0v) is 13.5. The fourth-order valence-electron chi connectivity index (χ4n) is 3.61. The van der Waals surface area contributed by atoms with E-state index in [1.807, 2.05) is 18.2 Å². The van der Waals surface area contributed by atoms with E-state index in [0.29, 0.717) is 0 Å². The third-order valence-corrected chi connectivity index (χ3v) is 5.25. The highest BCUT2D eigenvalue weighted by Crippen LogP contribution is 2.25. The van der Waals surface area contributed by atoms with Crippen molar-refractivity contribution in [2.45, 2.75) is 32.2 Å². The number of likely N-dealkylation sites (tertiary alicyclic amines) is 2. The summed E-state index contributed by atoms with van der Waals surface area (Å²) in [4.78, 5) is 5.16. The van der Waals surface area contributed by atoms with Crippen LogP contribution in [0.5, 0.6) is 0 Å². The Morgan fingerprint density at radius 2 is 1.76 bits per heavy atom. The molecule has 21 heavy (non-hydrogen) atoms. The maximum Gasteiger partial charge on any atom is 0.0452 e. The lowest BCUT2D eigenvalue weighted by Crippen LogP contribution is -2.37. The number of halogens is 1. The van der Waals surface area contributed by atoms with Gasteiger partial charge in [0.15, 0.2) is 0 Å². The largest absolute Gasteiger partial charge is 0.399 e. The van der Waals surface area contributed by atoms with Crippen LogP contribution in [0.1, 0.15) is 31.2 Å². The molecule has 0 spiro atoms. The predicted octanol–water partition coefficient (Wildman–Crippen LogP) is 3.23. The average Bonchev–Trinajstić information content (AvgIpc) is 2.98. The Bertz CT molecular complexity index is 463. The Balaban J connectivity index is 1.48. The number of rotatable bonds is 4. The van der Waals surface area contributed by atoms with Crippen LogP contribution in [0.25, 0.3) is 0 Å². The van der Waals surface area contributed by atoms with E-state index >= 15 is 0 Å². The number of hydrogen-bond donors (Lipinski definition) is 1. The number of hydrogen-bond acceptors (Lipinski definition) is 3. The van der Waals surface area contributed by atoms with Crippen molar-refractivity contribution in [3.05, 3.63) is 28.8 Å². The van der Waals surface area contributed by atoms with Gasteiger partial charge in [0.05, 0.1) is 0 Å². The number of anilines is 1. The number of nitrogens with two attached hydrogens (primary N) is 1. The molecule has 0 radical (unpaired) electrons. The van der Waals surface area contributed by atoms with E-state index in [9.17, 15) is 0 Å². The molecular weight excluding hydrogens is 282 g/mol. The van der Waals surface area contributed by atoms with Gasteiger partial charge in [0.1, 0.15) is 0 Å². The molecule has 1 aromatic rings. The van der Waals surface area contributed by atoms with Crippen molar-refractivity contribution < 1.29 is 0 Å². The van der Waals surface area contributed by atoms with Gasteiger partial charge >= 0.3 is 0 Å². The minimum absolute atomic E-state index is 0.804. The molecule has 0 aliphatic carbocycles. The number of piperidine rings is 1. The third-order valence-electron chi connectivity index (χ3n) is 4.89. The van der Waals surface area contributed by atoms with Gasteiger partial charge in [0.25, 0.3) is 0 Å². The van der Waals surface area contributed by atoms with E-state index in [-0.39, 0.29) is 0 Å². The molecule has 2 saturated heterocycles. The van der Waals surface area contributed by atoms with Crippen LogP contribution in [0.3, 0.4) is 0 Å². The van der Waals surface area contributed by atoms with Gasteiger partial charge < -0.3 is 10.6 Å². The zero-order valence-electron chi connectivity index (χ0n) is 12.7. The maximum atomic E-state index is 6.27. The molecule has 0 amide bonds. The normalized spacial score (nSPS) is 22.0. The summed E-state index contributed by atoms with van der Waals surface area (Å²) in [6, 6.07) is 5.79. The zero-order chi connectivity index (χ0) is 14.7. The molecule has 2 aliphatic rings. The fraction of sp³-hybridized carbons (Fsp3) is 0.647. The van der Waals surface area contributed by atoms with Crippen molar-refractivity contribution >= 4 is 17.3 Å². The molecular formula is C17H26ClN3. The standard InChI is InChI=1S/C17H26ClN3/c18-17-4-3-16(19)11-15(17)13-21-9-5-14(6-10-21)12-20-7-1-2-8-20/h3-4,11,14H,1-2,5-10,12-13,19H2. The van der Waals surface area contributed by atoms with Crippen LogP contribution >= 0.6 is 11.6 Å². The number of benzene rings is 1. The molecule has 3 rings (SSSR count). The van der Waals surface area contributed by atoms with Crippen molar-refractivity contribution in [2.24, 2.45) is 5.92 Å². The van der Waals surface area contributed by atoms with Gasteiger partial charge in [-0.2, -0.15) is 0 Å². The second-order valence-corrected chi connectivity index (χ2v) is 6.99. The molecule has 1 aromatic carbocycles. The SMILES string of the molecule is Nc1ccc(Cl)c(CN2CCC(CN3CCCC3)CC2)c1. The summed E-state index contributed by atoms with van der Waals surface area (Å²) in [6.07, 6.45) is 5.42. The molecule has 4 heteroatoms. The first kappa shape index (κ1) is 15.1. The van der Waals surface area contributed by atoms with Gasteiger partial charge in [-0.15, -0.1) is 0 Å². The Morgan fingerprint density at radius 3 is 2.48 bits per heavy atom. The van der Waals surface area contributed by atoms with Crippen LogP contribution in [-0.4, -0.2) is 42.5 Å². The summed E-state index contributed by atoms with van der Waals surface area (Å²) in [6.45, 7) is 7.25. The van der Waals surface area contributed by atoms with Crippen molar-refractivity contribution in [1.29, 1.82) is 0 Å². The van der Waals surface area contributed by atoms with Gasteiger partial charge in [-0.3, -0.25) is 4.90 Å². The van der Waals surface area contributed by atoms with Crippen molar-refractivity contribution in [3.63, 3.8) is 0 Å². The van der Waals surface area contributed by atoms with Gasteiger partial charge in [0, 0.05) is 23.8 Å². The molecule has 116 valence electrons. The molecule has 2 fully saturated rings. The highest BCUT2D eigenvalue weighted by atomic mass is 35.5. The van der Waals surface area contributed by atoms with Crippen molar-refractivity contribution in [3.8, 4) is 0 Å². The molecule has 0 saturated carbocycles. The van der Waals surface area contributed by atoms with Gasteiger partial charge in [0.2, 0.25) is 0 Å². The first-order valence-corrected chi connectivity index (χ1v) is 8.57. The highest BCUT2D eigenvalue weighted by molar-refractivity contribution is 6.31. The third kappa shape index (κ3) is 4.12. The van der Waals surface area contributed by atoms with Gasteiger partial charge in [-0.25, -0.2) is 0 Å². The molecule has 0 aromatic heterocycles. The molecule has 3 nitrogen and oxygen atoms in total. The van der Waals surface area contributed by atoms with Gasteiger partial charge in [-0.1, -0.05) is 11.6 Å². The van der Waals surface area contributed by atoms with E-state index < -0.39 is 0 Å². The summed E-state index contributed by atoms with van der Waals surface area (Å²) in [5, 5.41) is 0.836. The second kappa shape index (κ2) is 6.99. The summed E-state index contributed by atoms with van der Waals surface area (Å²) in [5.41, 5.74) is 7.83. The van der Waals surface area contributed by atoms with Crippen molar-refractivity contribution in [1.82, 2.24) is 9.80 Å². The van der Waals surface area contributed by atoms with Crippen LogP contribution in [0, 0.1) is 5.92 Å². The summed E-state index contributed by atoms with van der Waals surface area (Å²) in [5.74, 6) is 0.885. The Kier molecular flexibility index (Phi) is 5.04. The van der Waals surface area contributed by atoms with E-state index in [0.717, 1.165) is 28.7 Å².